The van der Waals surface area contributed by atoms with Crippen molar-refractivity contribution in [3.8, 4) is 0 Å². The van der Waals surface area contributed by atoms with E-state index in [1.807, 2.05) is 0 Å². The first-order valence-corrected chi connectivity index (χ1v) is 41.0. The molecule has 3 fully saturated rings. The van der Waals surface area contributed by atoms with Gasteiger partial charge >= 0.3 is 0 Å². The lowest BCUT2D eigenvalue weighted by molar-refractivity contribution is -0.270. The Morgan fingerprint density at radius 1 is 0.339 bits per heavy atom. The molecule has 0 radical (unpaired) electrons. The molecule has 0 aliphatic carbocycles. The van der Waals surface area contributed by atoms with Crippen LogP contribution in [-0.2, 0) is 90.6 Å². The van der Waals surface area contributed by atoms with Crippen LogP contribution in [0, 0.1) is 11.3 Å². The summed E-state index contributed by atoms with van der Waals surface area (Å²) in [5.74, 6) is -1.31. The Morgan fingerprint density at radius 3 is 0.964 bits per heavy atom. The number of aliphatic hydroxyl groups is 9. The average Bonchev–Trinajstić information content (AvgIpc) is 0.819. The maximum atomic E-state index is 14.0. The molecule has 3 rings (SSSR count). The topological polar surface area (TPSA) is 496 Å². The summed E-state index contributed by atoms with van der Waals surface area (Å²) in [5.41, 5.74) is -1.07. The minimum absolute atomic E-state index is 0.00386. The molecule has 3 heterocycles. The molecule has 0 bridgehead atoms. The molecule has 15 unspecified atom stereocenters. The number of rotatable bonds is 67. The number of hydrogen-bond donors (Lipinski definition) is 14. The third-order valence-corrected chi connectivity index (χ3v) is 20.0. The predicted octanol–water partition coefficient (Wildman–Crippen LogP) is 2.51. The zero-order valence-electron chi connectivity index (χ0n) is 67.3. The number of ketones is 5. The Morgan fingerprint density at radius 2 is 0.625 bits per heavy atom. The van der Waals surface area contributed by atoms with Crippen LogP contribution in [0.15, 0.2) is 0 Å². The lowest BCUT2D eigenvalue weighted by Gasteiger charge is -2.42. The number of aliphatic hydroxyl groups excluding tert-OH is 9. The van der Waals surface area contributed by atoms with Gasteiger partial charge in [-0.15, -0.1) is 0 Å². The van der Waals surface area contributed by atoms with E-state index in [4.69, 9.17) is 42.6 Å². The average molecular weight is 1610 g/mol. The van der Waals surface area contributed by atoms with Gasteiger partial charge in [0.25, 0.3) is 0 Å². The summed E-state index contributed by atoms with van der Waals surface area (Å²) in [7, 11) is 0. The summed E-state index contributed by atoms with van der Waals surface area (Å²) in [6.07, 6.45) is 2.16. The molecule has 112 heavy (non-hydrogen) atoms. The van der Waals surface area contributed by atoms with Gasteiger partial charge in [0.05, 0.1) is 59.5 Å². The zero-order chi connectivity index (χ0) is 82.6. The van der Waals surface area contributed by atoms with Crippen LogP contribution >= 0.6 is 0 Å². The van der Waals surface area contributed by atoms with Crippen LogP contribution in [0.2, 0.25) is 0 Å². The molecule has 648 valence electrons. The number of unbranched alkanes of at least 4 members (excludes halogenated alkanes) is 13. The summed E-state index contributed by atoms with van der Waals surface area (Å²) >= 11 is 0. The van der Waals surface area contributed by atoms with Gasteiger partial charge in [-0.1, -0.05) is 71.6 Å². The minimum atomic E-state index is -1.45. The molecular weight excluding hydrogens is 1470 g/mol. The third-order valence-electron chi connectivity index (χ3n) is 20.0. The van der Waals surface area contributed by atoms with E-state index in [0.29, 0.717) is 128 Å². The van der Waals surface area contributed by atoms with Gasteiger partial charge in [-0.3, -0.25) is 47.9 Å². The quantitative estimate of drug-likeness (QED) is 0.0389. The fourth-order valence-electron chi connectivity index (χ4n) is 13.5. The monoisotopic (exact) mass is 1610 g/mol. The second-order valence-corrected chi connectivity index (χ2v) is 30.6. The Labute approximate surface area is 661 Å². The van der Waals surface area contributed by atoms with Gasteiger partial charge in [0.2, 0.25) is 29.5 Å². The first kappa shape index (κ1) is 101. The van der Waals surface area contributed by atoms with Gasteiger partial charge in [-0.05, 0) is 83.0 Å². The van der Waals surface area contributed by atoms with Crippen molar-refractivity contribution in [3.63, 3.8) is 0 Å². The van der Waals surface area contributed by atoms with Gasteiger partial charge in [-0.2, -0.15) is 0 Å². The van der Waals surface area contributed by atoms with Crippen molar-refractivity contribution in [2.75, 3.05) is 92.4 Å². The van der Waals surface area contributed by atoms with E-state index in [1.165, 1.54) is 40.0 Å². The van der Waals surface area contributed by atoms with Crippen LogP contribution in [0.3, 0.4) is 0 Å². The van der Waals surface area contributed by atoms with E-state index in [0.717, 1.165) is 25.7 Å². The van der Waals surface area contributed by atoms with Crippen molar-refractivity contribution >= 4 is 58.5 Å². The van der Waals surface area contributed by atoms with E-state index in [2.05, 4.69) is 40.4 Å². The number of hydrogen-bond acceptors (Lipinski definition) is 28. The fraction of sp³-hybridized carbons (Fsp3) is 0.873. The number of carbonyl (C=O) groups is 10. The van der Waals surface area contributed by atoms with Gasteiger partial charge < -0.3 is 115 Å². The normalized spacial score (nSPS) is 24.4. The number of nitrogens with one attached hydrogen (secondary N) is 5. The van der Waals surface area contributed by atoms with Gasteiger partial charge in [-0.25, -0.2) is 0 Å². The molecule has 0 aromatic heterocycles. The van der Waals surface area contributed by atoms with E-state index in [9.17, 15) is 93.9 Å². The van der Waals surface area contributed by atoms with E-state index in [1.54, 1.807) is 0 Å². The Hall–Kier alpha value is -5.02. The Kier molecular flexibility index (Phi) is 53.8. The summed E-state index contributed by atoms with van der Waals surface area (Å²) < 4.78 is 52.7. The maximum absolute atomic E-state index is 14.0. The van der Waals surface area contributed by atoms with Gasteiger partial charge in [0, 0.05) is 136 Å². The highest BCUT2D eigenvalue weighted by atomic mass is 16.7. The van der Waals surface area contributed by atoms with Crippen LogP contribution in [0.4, 0.5) is 0 Å². The second-order valence-electron chi connectivity index (χ2n) is 30.6. The number of ether oxygens (including phenoxy) is 9. The smallest absolute Gasteiger partial charge is 0.222 e. The molecule has 3 aliphatic rings. The van der Waals surface area contributed by atoms with Crippen LogP contribution in [-0.4, -0.2) is 289 Å². The van der Waals surface area contributed by atoms with Crippen molar-refractivity contribution in [1.29, 1.82) is 0 Å². The van der Waals surface area contributed by atoms with Crippen molar-refractivity contribution in [2.24, 2.45) is 11.3 Å². The SMILES string of the molecule is CC(=O)NC1C(OCCCCC(=O)CCCCCC(=O)CCOCC(COCCC(=O)CCCCCC(=O)CCCCOC2OC(CO)C(O)C(O)C2NC(C)=O)(COCCC(=O)NCCCNC(=O)CCCCOC2OC(CO)C(O)C(O)C2NC(C)=O)CC(=O)CCCCCCCCCC(C)C)OC(CO)C(O)C1O. The summed E-state index contributed by atoms with van der Waals surface area (Å²) in [6.45, 7) is 7.25. The summed E-state index contributed by atoms with van der Waals surface area (Å²) in [6, 6.07) is -3.21. The minimum Gasteiger partial charge on any atom is -0.394 e. The van der Waals surface area contributed by atoms with Crippen LogP contribution < -0.4 is 26.6 Å². The number of carbonyl (C=O) groups excluding carboxylic acids is 10. The summed E-state index contributed by atoms with van der Waals surface area (Å²) in [4.78, 5) is 127. The van der Waals surface area contributed by atoms with Crippen molar-refractivity contribution in [2.45, 2.75) is 338 Å². The third kappa shape index (κ3) is 43.3. The largest absolute Gasteiger partial charge is 0.394 e. The van der Waals surface area contributed by atoms with Crippen molar-refractivity contribution in [3.05, 3.63) is 0 Å². The molecule has 33 nitrogen and oxygen atoms in total. The highest BCUT2D eigenvalue weighted by Crippen LogP contribution is 2.30. The molecule has 0 saturated carbocycles. The molecule has 14 N–H and O–H groups in total. The highest BCUT2D eigenvalue weighted by Gasteiger charge is 2.48. The number of amides is 5. The lowest BCUT2D eigenvalue weighted by atomic mass is 9.83. The maximum Gasteiger partial charge on any atom is 0.222 e. The fourth-order valence-corrected chi connectivity index (χ4v) is 13.5. The molecule has 3 saturated heterocycles. The molecule has 15 atom stereocenters. The molecule has 3 aliphatic heterocycles. The van der Waals surface area contributed by atoms with Crippen LogP contribution in [0.1, 0.15) is 247 Å². The first-order valence-electron chi connectivity index (χ1n) is 41.0. The predicted molar refractivity (Wildman–Crippen MR) is 407 cm³/mol. The molecule has 33 heteroatoms. The molecule has 0 aromatic rings. The van der Waals surface area contributed by atoms with E-state index >= 15 is 0 Å². The molecule has 0 spiro atoms. The Bertz CT molecular complexity index is 2440. The Balaban J connectivity index is 1.54. The zero-order valence-corrected chi connectivity index (χ0v) is 67.3. The first-order chi connectivity index (χ1) is 53.6. The molecule has 0 aromatic carbocycles. The van der Waals surface area contributed by atoms with Crippen LogP contribution in [0.25, 0.3) is 0 Å². The van der Waals surface area contributed by atoms with Crippen LogP contribution in [0.5, 0.6) is 0 Å². The van der Waals surface area contributed by atoms with E-state index in [-0.39, 0.29) is 158 Å². The van der Waals surface area contributed by atoms with Gasteiger partial charge in [0.1, 0.15) is 102 Å². The molecular formula is C79H139N5O28. The number of Topliss-reactive ketones (excluding diaryl/α,β-unsaturated/α-hetero) is 5. The second kappa shape index (κ2) is 59.6. The van der Waals surface area contributed by atoms with Crippen molar-refractivity contribution in [1.82, 2.24) is 26.6 Å². The molecule has 5 amide bonds. The van der Waals surface area contributed by atoms with Gasteiger partial charge in [0.15, 0.2) is 18.9 Å². The van der Waals surface area contributed by atoms with Crippen molar-refractivity contribution < 1.29 is 137 Å². The standard InChI is InChI=1S/C79H139N5O28/c1-53(2)26-13-9-7-6-8-10-14-33-61(95)46-79(50-104-43-35-59(93)29-17-11-15-27-57(91)31-19-22-40-107-76-67(82-54(3)88)73(101)70(98)62(47-85)110-76,51-105-44-36-60(94)30-18-12-16-28-58(92)32-20-23-41-108-77-68(83-55(4)89)74(102)71(99)63(48-86)111-77)52-106-45-37-66(97)81-39-25-38-80-65(96)34-21-24-42-109-78-69(84-56(5)90)75(103)72(100)64(49-87)112-78/h53,62-64,67-78,85-87,98-103H,6-52H2,1-5H3,(H,80,96)(H,81,97)(H,82,88)(H,83,89)(H,84,90). The van der Waals surface area contributed by atoms with E-state index < -0.39 is 135 Å². The summed E-state index contributed by atoms with van der Waals surface area (Å²) in [5, 5.41) is 104. The lowest BCUT2D eigenvalue weighted by Crippen LogP contribution is -2.64. The highest BCUT2D eigenvalue weighted by molar-refractivity contribution is 5.81.